The number of non-ortho nitro benzene ring substituents is 1. The molecule has 2 aromatic rings. The molecule has 0 aliphatic carbocycles. The second-order valence-corrected chi connectivity index (χ2v) is 13.8. The molecular weight excluding hydrogens is 1090 g/mol. The number of hydrogen-bond acceptors (Lipinski definition) is 17. The van der Waals surface area contributed by atoms with Crippen LogP contribution in [0.4, 0.5) is 16.2 Å². The van der Waals surface area contributed by atoms with Crippen molar-refractivity contribution in [1.29, 1.82) is 0 Å². The molecule has 394 valence electrons. The van der Waals surface area contributed by atoms with Crippen molar-refractivity contribution >= 4 is 53.5 Å². The molecule has 70 heavy (non-hydrogen) atoms. The van der Waals surface area contributed by atoms with E-state index in [0.29, 0.717) is 77.0 Å². The quantitative estimate of drug-likeness (QED) is 0.00994. The Morgan fingerprint density at radius 1 is 0.814 bits per heavy atom. The fourth-order valence-corrected chi connectivity index (χ4v) is 4.84. The molecule has 8 N–H and O–H groups in total. The summed E-state index contributed by atoms with van der Waals surface area (Å²) in [4.78, 5) is 92.6. The third-order valence-corrected chi connectivity index (χ3v) is 8.17. The third kappa shape index (κ3) is 34.5. The van der Waals surface area contributed by atoms with Gasteiger partial charge in [0.15, 0.2) is 0 Å². The maximum Gasteiger partial charge on any atom is 0.514 e. The van der Waals surface area contributed by atoms with Crippen LogP contribution in [-0.4, -0.2) is 142 Å². The fourth-order valence-electron chi connectivity index (χ4n) is 4.84. The van der Waals surface area contributed by atoms with E-state index < -0.39 is 28.9 Å². The summed E-state index contributed by atoms with van der Waals surface area (Å²) in [6.45, 7) is 15.0. The summed E-state index contributed by atoms with van der Waals surface area (Å²) in [6, 6.07) is 10.5. The minimum absolute atomic E-state index is 0. The van der Waals surface area contributed by atoms with E-state index in [4.69, 9.17) is 39.4 Å². The van der Waals surface area contributed by atoms with Crippen LogP contribution < -0.4 is 31.8 Å². The number of rotatable bonds is 29. The monoisotopic (exact) mass is 1160 g/mol. The van der Waals surface area contributed by atoms with Crippen molar-refractivity contribution in [2.75, 3.05) is 84.4 Å². The number of benzene rings is 2. The number of carbonyl (C=O) groups is 7. The number of nitro groups is 1. The Labute approximate surface area is 423 Å². The molecule has 1 heterocycles. The van der Waals surface area contributed by atoms with Crippen LogP contribution in [0.25, 0.3) is 5.84 Å². The maximum atomic E-state index is 12.8. The SMILES string of the molecule is CC.CC(C)C(NC(=O)CCOCCOCCOCCOCCNC=O)C(=O)NCC(=O)Nc1ccc(COC(=O)Oc2ccc([N+](=O)[O-])cc2)cc1.CCCN1C(=O)C=CC1=O.CCCO.[NH-]N.[W]. The molecule has 6 amide bonds. The zero-order chi connectivity index (χ0) is 52.2. The molecule has 0 saturated carbocycles. The second-order valence-electron chi connectivity index (χ2n) is 13.8. The maximum absolute atomic E-state index is 12.8. The number of anilines is 1. The van der Waals surface area contributed by atoms with Gasteiger partial charge in [-0.25, -0.2) is 4.79 Å². The molecule has 0 bridgehead atoms. The number of aliphatic hydroxyl groups is 1. The Hall–Kier alpha value is -5.72. The molecule has 1 aliphatic rings. The van der Waals surface area contributed by atoms with Crippen LogP contribution in [0.15, 0.2) is 60.7 Å². The van der Waals surface area contributed by atoms with E-state index >= 15 is 0 Å². The summed E-state index contributed by atoms with van der Waals surface area (Å²) in [7, 11) is 0. The van der Waals surface area contributed by atoms with Crippen LogP contribution in [0.2, 0.25) is 0 Å². The number of nitrogens with two attached hydrogens (primary N) is 1. The van der Waals surface area contributed by atoms with Crippen molar-refractivity contribution in [2.24, 2.45) is 11.8 Å². The fraction of sp³-hybridized carbons (Fsp3) is 0.533. The van der Waals surface area contributed by atoms with E-state index in [-0.39, 0.29) is 88.9 Å². The zero-order valence-corrected chi connectivity index (χ0v) is 43.7. The van der Waals surface area contributed by atoms with Gasteiger partial charge in [-0.2, -0.15) is 0 Å². The van der Waals surface area contributed by atoms with Crippen molar-refractivity contribution < 1.29 is 93.1 Å². The van der Waals surface area contributed by atoms with E-state index in [1.54, 1.807) is 38.1 Å². The first-order valence-electron chi connectivity index (χ1n) is 22.2. The van der Waals surface area contributed by atoms with E-state index in [0.717, 1.165) is 12.8 Å². The van der Waals surface area contributed by atoms with Crippen LogP contribution >= 0.6 is 0 Å². The molecule has 0 aromatic heterocycles. The van der Waals surface area contributed by atoms with E-state index in [1.807, 2.05) is 27.7 Å². The number of imide groups is 1. The smallest absolute Gasteiger partial charge is 0.514 e. The van der Waals surface area contributed by atoms with Gasteiger partial charge < -0.3 is 66.5 Å². The summed E-state index contributed by atoms with van der Waals surface area (Å²) in [5.74, 6) is 7.07. The summed E-state index contributed by atoms with van der Waals surface area (Å²) < 4.78 is 31.4. The van der Waals surface area contributed by atoms with Crippen LogP contribution in [0.3, 0.4) is 0 Å². The van der Waals surface area contributed by atoms with Gasteiger partial charge in [0.2, 0.25) is 24.1 Å². The van der Waals surface area contributed by atoms with Gasteiger partial charge in [-0.05, 0) is 48.6 Å². The Morgan fingerprint density at radius 2 is 1.33 bits per heavy atom. The van der Waals surface area contributed by atoms with Gasteiger partial charge in [-0.3, -0.25) is 43.8 Å². The molecule has 25 heteroatoms. The number of ether oxygens (including phenoxy) is 6. The van der Waals surface area contributed by atoms with Gasteiger partial charge in [0, 0.05) is 77.2 Å². The number of hydrogen-bond donors (Lipinski definition) is 6. The van der Waals surface area contributed by atoms with Crippen molar-refractivity contribution in [3.63, 3.8) is 0 Å². The van der Waals surface area contributed by atoms with Gasteiger partial charge in [0.25, 0.3) is 17.5 Å². The molecule has 0 spiro atoms. The largest absolute Gasteiger partial charge is 0.615 e. The van der Waals surface area contributed by atoms with Crippen LogP contribution in [0, 0.1) is 16.0 Å². The van der Waals surface area contributed by atoms with Crippen molar-refractivity contribution in [1.82, 2.24) is 20.9 Å². The van der Waals surface area contributed by atoms with Crippen molar-refractivity contribution in [3.8, 4) is 5.75 Å². The standard InChI is InChI=1S/C33H45N5O13.C7H9NO2.C3H8O.C2H6.H3N2.W/c1-24(2)31(37-29(40)11-13-46-15-17-48-19-20-49-18-16-47-14-12-34-23-39)32(42)35-21-30(41)36-26-5-3-25(4-6-26)22-50-33(43)51-28-9-7-27(8-10-28)38(44)45;1-2-5-8-6(9)3-4-7(8)10;1-2-3-4;2*1-2;/h3-10,23-24,31H,11-22H2,1-2H3,(H,34,39)(H,35,42)(H,36,41)(H,37,40);3-4H,2,5H2,1H3;4H,2-3H2,1H3;1-2H3;1H,2H2;/q;;;;-1;. The van der Waals surface area contributed by atoms with Gasteiger partial charge >= 0.3 is 6.16 Å². The summed E-state index contributed by atoms with van der Waals surface area (Å²) in [5, 5.41) is 28.9. The van der Waals surface area contributed by atoms with E-state index in [9.17, 15) is 43.7 Å². The third-order valence-electron chi connectivity index (χ3n) is 8.17. The van der Waals surface area contributed by atoms with Crippen LogP contribution in [0.1, 0.15) is 66.4 Å². The number of aliphatic hydroxyl groups excluding tert-OH is 1. The number of nitro benzene ring substituents is 1. The van der Waals surface area contributed by atoms with E-state index in [2.05, 4.69) is 27.1 Å². The van der Waals surface area contributed by atoms with Crippen LogP contribution in [0.5, 0.6) is 5.75 Å². The molecule has 0 fully saturated rings. The van der Waals surface area contributed by atoms with Crippen LogP contribution in [-0.2, 0) is 80.1 Å². The molecule has 3 rings (SSSR count). The minimum atomic E-state index is -0.998. The van der Waals surface area contributed by atoms with Crippen molar-refractivity contribution in [3.05, 3.63) is 82.2 Å². The topological polar surface area (TPSA) is 339 Å². The molecular formula is C45H71N8O16W-. The van der Waals surface area contributed by atoms with E-state index in [1.165, 1.54) is 41.3 Å². The number of carbonyl (C=O) groups excluding carboxylic acids is 7. The Kier molecular flexibility index (Phi) is 44.8. The molecule has 0 saturated heterocycles. The Bertz CT molecular complexity index is 1770. The van der Waals surface area contributed by atoms with Gasteiger partial charge in [-0.15, -0.1) is 0 Å². The summed E-state index contributed by atoms with van der Waals surface area (Å²) in [5.41, 5.74) is 0.882. The summed E-state index contributed by atoms with van der Waals surface area (Å²) in [6.07, 6.45) is 3.95. The van der Waals surface area contributed by atoms with Crippen molar-refractivity contribution in [2.45, 2.75) is 73.5 Å². The first-order chi connectivity index (χ1) is 33.3. The summed E-state index contributed by atoms with van der Waals surface area (Å²) >= 11 is 0. The Morgan fingerprint density at radius 3 is 1.80 bits per heavy atom. The molecule has 1 aliphatic heterocycles. The molecule has 1 unspecified atom stereocenters. The predicted molar refractivity (Wildman–Crippen MR) is 254 cm³/mol. The Balaban J connectivity index is -0.00000200. The predicted octanol–water partition coefficient (Wildman–Crippen LogP) is 3.35. The molecule has 0 radical (unpaired) electrons. The number of nitrogens with one attached hydrogen (secondary N) is 5. The average Bonchev–Trinajstić information content (AvgIpc) is 3.67. The first kappa shape index (κ1) is 68.5. The minimum Gasteiger partial charge on any atom is -0.615 e. The van der Waals surface area contributed by atoms with Gasteiger partial charge in [0.05, 0.1) is 64.3 Å². The second kappa shape index (κ2) is 45.7. The number of amides is 6. The molecule has 2 aromatic carbocycles. The average molecular weight is 1160 g/mol. The molecule has 1 atom stereocenters. The molecule has 24 nitrogen and oxygen atoms in total. The van der Waals surface area contributed by atoms with Gasteiger partial charge in [-0.1, -0.05) is 53.7 Å². The number of nitrogens with zero attached hydrogens (tertiary/aromatic N) is 2. The van der Waals surface area contributed by atoms with Gasteiger partial charge in [0.1, 0.15) is 18.4 Å². The normalized spacial score (nSPS) is 11.3. The first-order valence-corrected chi connectivity index (χ1v) is 22.2. The zero-order valence-electron chi connectivity index (χ0n) is 40.8.